The van der Waals surface area contributed by atoms with Gasteiger partial charge >= 0.3 is 5.97 Å². The van der Waals surface area contributed by atoms with Crippen molar-refractivity contribution in [1.82, 2.24) is 9.97 Å². The number of aromatic amines is 1. The number of hydrogen-bond donors (Lipinski definition) is 2. The molecule has 5 heteroatoms. The minimum atomic E-state index is -0.360. The Morgan fingerprint density at radius 3 is 2.55 bits per heavy atom. The van der Waals surface area contributed by atoms with Gasteiger partial charge in [-0.25, -0.2) is 9.78 Å². The van der Waals surface area contributed by atoms with E-state index in [-0.39, 0.29) is 17.6 Å². The van der Waals surface area contributed by atoms with Gasteiger partial charge < -0.3 is 15.5 Å². The first kappa shape index (κ1) is 13.6. The average Bonchev–Trinajstić information content (AvgIpc) is 2.77. The Morgan fingerprint density at radius 2 is 1.95 bits per heavy atom. The highest BCUT2D eigenvalue weighted by molar-refractivity contribution is 5.87. The summed E-state index contributed by atoms with van der Waals surface area (Å²) in [4.78, 5) is 19.4. The van der Waals surface area contributed by atoms with Gasteiger partial charge in [-0.2, -0.15) is 0 Å². The molecule has 110 valence electrons. The second kappa shape index (κ2) is 5.56. The molecule has 3 rings (SSSR count). The molecule has 2 aliphatic carbocycles. The van der Waals surface area contributed by atoms with Crippen LogP contribution in [0, 0.1) is 0 Å². The van der Waals surface area contributed by atoms with Crippen LogP contribution in [0.15, 0.2) is 6.20 Å². The second-order valence-corrected chi connectivity index (χ2v) is 6.17. The van der Waals surface area contributed by atoms with Crippen molar-refractivity contribution >= 4 is 5.97 Å². The molecule has 0 aromatic carbocycles. The number of carbonyl (C=O) groups excluding carboxylic acids is 1. The normalized spacial score (nSPS) is 22.9. The van der Waals surface area contributed by atoms with E-state index in [1.54, 1.807) is 6.20 Å². The molecular weight excluding hydrogens is 254 g/mol. The summed E-state index contributed by atoms with van der Waals surface area (Å²) < 4.78 is 5.58. The summed E-state index contributed by atoms with van der Waals surface area (Å²) in [5, 5.41) is 0. The molecule has 0 spiro atoms. The first-order chi connectivity index (χ1) is 9.67. The molecule has 0 atom stereocenters. The van der Waals surface area contributed by atoms with Crippen LogP contribution in [-0.2, 0) is 10.3 Å². The number of nitrogens with one attached hydrogen (secondary N) is 1. The lowest BCUT2D eigenvalue weighted by Crippen LogP contribution is -2.44. The van der Waals surface area contributed by atoms with Crippen LogP contribution in [0.4, 0.5) is 0 Å². The molecular formula is C15H23N3O2. The maximum atomic E-state index is 12.1. The summed E-state index contributed by atoms with van der Waals surface area (Å²) in [6.45, 7) is 0. The van der Waals surface area contributed by atoms with E-state index < -0.39 is 0 Å². The second-order valence-electron chi connectivity index (χ2n) is 6.17. The molecule has 0 bridgehead atoms. The number of nitrogens with zero attached hydrogens (tertiary/aromatic N) is 1. The van der Waals surface area contributed by atoms with Gasteiger partial charge in [0.25, 0.3) is 0 Å². The summed E-state index contributed by atoms with van der Waals surface area (Å²) in [6, 6.07) is 0. The fraction of sp³-hybridized carbons (Fsp3) is 0.733. The van der Waals surface area contributed by atoms with Crippen LogP contribution in [0.1, 0.15) is 74.1 Å². The van der Waals surface area contributed by atoms with E-state index in [1.807, 2.05) is 0 Å². The molecule has 0 aliphatic heterocycles. The highest BCUT2D eigenvalue weighted by Gasteiger charge is 2.37. The number of carbonyl (C=O) groups is 1. The van der Waals surface area contributed by atoms with Gasteiger partial charge in [-0.05, 0) is 44.9 Å². The minimum absolute atomic E-state index is 0.0623. The molecule has 2 aliphatic rings. The molecule has 1 heterocycles. The fourth-order valence-electron chi connectivity index (χ4n) is 3.05. The van der Waals surface area contributed by atoms with Gasteiger partial charge in [0.05, 0.1) is 11.7 Å². The van der Waals surface area contributed by atoms with Crippen molar-refractivity contribution in [2.75, 3.05) is 0 Å². The number of hydrogen-bond acceptors (Lipinski definition) is 4. The summed E-state index contributed by atoms with van der Waals surface area (Å²) in [7, 11) is 0. The van der Waals surface area contributed by atoms with E-state index >= 15 is 0 Å². The molecule has 20 heavy (non-hydrogen) atoms. The molecule has 2 fully saturated rings. The van der Waals surface area contributed by atoms with Crippen molar-refractivity contribution in [3.8, 4) is 0 Å². The van der Waals surface area contributed by atoms with Crippen LogP contribution in [-0.4, -0.2) is 22.0 Å². The lowest BCUT2D eigenvalue weighted by Gasteiger charge is -2.35. The Labute approximate surface area is 119 Å². The van der Waals surface area contributed by atoms with Crippen LogP contribution in [0.3, 0.4) is 0 Å². The fourth-order valence-corrected chi connectivity index (χ4v) is 3.05. The molecule has 0 saturated heterocycles. The van der Waals surface area contributed by atoms with Crippen molar-refractivity contribution in [2.45, 2.75) is 69.4 Å². The first-order valence-electron chi connectivity index (χ1n) is 7.73. The third-order valence-corrected chi connectivity index (χ3v) is 4.59. The van der Waals surface area contributed by atoms with Crippen LogP contribution in [0.2, 0.25) is 0 Å². The summed E-state index contributed by atoms with van der Waals surface area (Å²) in [5.41, 5.74) is 6.27. The SMILES string of the molecule is NC1(c2ncc(C(=O)OC3CCCCCC3)[nH]2)CCC1. The van der Waals surface area contributed by atoms with E-state index in [0.29, 0.717) is 5.69 Å². The van der Waals surface area contributed by atoms with E-state index in [9.17, 15) is 4.79 Å². The largest absolute Gasteiger partial charge is 0.458 e. The van der Waals surface area contributed by atoms with Crippen molar-refractivity contribution in [1.29, 1.82) is 0 Å². The van der Waals surface area contributed by atoms with Crippen LogP contribution >= 0.6 is 0 Å². The number of imidazole rings is 1. The van der Waals surface area contributed by atoms with E-state index in [4.69, 9.17) is 10.5 Å². The van der Waals surface area contributed by atoms with Gasteiger partial charge in [0.15, 0.2) is 0 Å². The third-order valence-electron chi connectivity index (χ3n) is 4.59. The number of ether oxygens (including phenoxy) is 1. The zero-order valence-electron chi connectivity index (χ0n) is 11.9. The predicted molar refractivity (Wildman–Crippen MR) is 75.2 cm³/mol. The molecule has 0 radical (unpaired) electrons. The number of H-pyrrole nitrogens is 1. The smallest absolute Gasteiger partial charge is 0.356 e. The monoisotopic (exact) mass is 277 g/mol. The van der Waals surface area contributed by atoms with Crippen LogP contribution in [0.5, 0.6) is 0 Å². The molecule has 3 N–H and O–H groups in total. The molecule has 2 saturated carbocycles. The maximum absolute atomic E-state index is 12.1. The van der Waals surface area contributed by atoms with Gasteiger partial charge in [-0.1, -0.05) is 12.8 Å². The Bertz CT molecular complexity index is 471. The van der Waals surface area contributed by atoms with E-state index in [1.165, 1.54) is 12.8 Å². The Kier molecular flexibility index (Phi) is 3.78. The third kappa shape index (κ3) is 2.73. The number of aromatic nitrogens is 2. The van der Waals surface area contributed by atoms with Crippen LogP contribution < -0.4 is 5.73 Å². The van der Waals surface area contributed by atoms with Crippen LogP contribution in [0.25, 0.3) is 0 Å². The molecule has 1 aromatic rings. The van der Waals surface area contributed by atoms with Crippen molar-refractivity contribution in [2.24, 2.45) is 5.73 Å². The molecule has 0 amide bonds. The minimum Gasteiger partial charge on any atom is -0.458 e. The standard InChI is InChI=1S/C15H23N3O2/c16-15(8-5-9-15)14-17-10-12(18-14)13(19)20-11-6-3-1-2-4-7-11/h10-11H,1-9,16H2,(H,17,18). The van der Waals surface area contributed by atoms with Gasteiger partial charge in [0.1, 0.15) is 17.6 Å². The Balaban J connectivity index is 1.62. The van der Waals surface area contributed by atoms with E-state index in [0.717, 1.165) is 50.8 Å². The van der Waals surface area contributed by atoms with Crippen molar-refractivity contribution in [3.05, 3.63) is 17.7 Å². The molecule has 5 nitrogen and oxygen atoms in total. The Hall–Kier alpha value is -1.36. The highest BCUT2D eigenvalue weighted by atomic mass is 16.5. The zero-order chi connectivity index (χ0) is 14.0. The molecule has 1 aromatic heterocycles. The van der Waals surface area contributed by atoms with Gasteiger partial charge in [0.2, 0.25) is 0 Å². The number of nitrogens with two attached hydrogens (primary N) is 1. The summed E-state index contributed by atoms with van der Waals surface area (Å²) in [6.07, 6.45) is 11.4. The number of rotatable bonds is 3. The quantitative estimate of drug-likeness (QED) is 0.657. The molecule has 0 unspecified atom stereocenters. The van der Waals surface area contributed by atoms with Crippen molar-refractivity contribution in [3.63, 3.8) is 0 Å². The van der Waals surface area contributed by atoms with Gasteiger partial charge in [0, 0.05) is 0 Å². The summed E-state index contributed by atoms with van der Waals surface area (Å²) >= 11 is 0. The number of esters is 1. The van der Waals surface area contributed by atoms with Crippen molar-refractivity contribution < 1.29 is 9.53 Å². The topological polar surface area (TPSA) is 81.0 Å². The Morgan fingerprint density at radius 1 is 1.25 bits per heavy atom. The van der Waals surface area contributed by atoms with Gasteiger partial charge in [-0.3, -0.25) is 0 Å². The lowest BCUT2D eigenvalue weighted by molar-refractivity contribution is 0.0260. The lowest BCUT2D eigenvalue weighted by atomic mass is 9.77. The average molecular weight is 277 g/mol. The zero-order valence-corrected chi connectivity index (χ0v) is 11.9. The van der Waals surface area contributed by atoms with E-state index in [2.05, 4.69) is 9.97 Å². The summed E-state index contributed by atoms with van der Waals surface area (Å²) in [5.74, 6) is 0.426. The highest BCUT2D eigenvalue weighted by Crippen LogP contribution is 2.36. The first-order valence-corrected chi connectivity index (χ1v) is 7.73. The van der Waals surface area contributed by atoms with Gasteiger partial charge in [-0.15, -0.1) is 0 Å². The predicted octanol–water partition coefficient (Wildman–Crippen LogP) is 2.63. The maximum Gasteiger partial charge on any atom is 0.356 e.